The van der Waals surface area contributed by atoms with Crippen molar-refractivity contribution >= 4 is 0 Å². The van der Waals surface area contributed by atoms with Crippen molar-refractivity contribution in [2.45, 2.75) is 38.3 Å². The van der Waals surface area contributed by atoms with Crippen LogP contribution in [0, 0.1) is 0 Å². The van der Waals surface area contributed by atoms with Gasteiger partial charge in [0, 0.05) is 43.6 Å². The smallest absolute Gasteiger partial charge is 0.223 e. The van der Waals surface area contributed by atoms with Crippen LogP contribution in [-0.2, 0) is 6.54 Å². The van der Waals surface area contributed by atoms with Crippen molar-refractivity contribution < 1.29 is 5.11 Å². The largest absolute Gasteiger partial charge is 0.503 e. The van der Waals surface area contributed by atoms with E-state index in [1.54, 1.807) is 0 Å². The number of pyridine rings is 1. The Morgan fingerprint density at radius 3 is 2.55 bits per heavy atom. The molecule has 0 radical (unpaired) electrons. The van der Waals surface area contributed by atoms with E-state index in [9.17, 15) is 9.90 Å². The zero-order valence-corrected chi connectivity index (χ0v) is 11.8. The fraction of sp³-hybridized carbons (Fsp3) is 0.667. The Labute approximate surface area is 119 Å². The van der Waals surface area contributed by atoms with E-state index in [2.05, 4.69) is 14.8 Å². The van der Waals surface area contributed by atoms with Gasteiger partial charge in [-0.1, -0.05) is 0 Å². The van der Waals surface area contributed by atoms with E-state index < -0.39 is 0 Å². The van der Waals surface area contributed by atoms with E-state index in [4.69, 9.17) is 0 Å². The van der Waals surface area contributed by atoms with Crippen LogP contribution in [0.5, 0.6) is 5.75 Å². The van der Waals surface area contributed by atoms with Crippen molar-refractivity contribution in [3.8, 4) is 5.75 Å². The minimum Gasteiger partial charge on any atom is -0.503 e. The molecular weight excluding hydrogens is 254 g/mol. The normalized spacial score (nSPS) is 22.4. The average Bonchev–Trinajstić information content (AvgIpc) is 2.98. The molecule has 2 aliphatic heterocycles. The van der Waals surface area contributed by atoms with Crippen LogP contribution < -0.4 is 5.43 Å². The standard InChI is InChI=1S/C15H23N3O2/c19-14-9-12(16-10-15(14)20)11-17-7-3-13(4-8-17)18-5-1-2-6-18/h9-10,13,20H,1-8,11H2,(H,16,19). The van der Waals surface area contributed by atoms with Gasteiger partial charge in [-0.2, -0.15) is 0 Å². The van der Waals surface area contributed by atoms with E-state index in [-0.39, 0.29) is 11.2 Å². The lowest BCUT2D eigenvalue weighted by Crippen LogP contribution is -2.43. The van der Waals surface area contributed by atoms with E-state index in [0.717, 1.165) is 31.4 Å². The first-order valence-corrected chi connectivity index (χ1v) is 7.59. The summed E-state index contributed by atoms with van der Waals surface area (Å²) in [4.78, 5) is 19.4. The van der Waals surface area contributed by atoms with Crippen molar-refractivity contribution in [1.29, 1.82) is 0 Å². The molecule has 2 aliphatic rings. The first-order valence-electron chi connectivity index (χ1n) is 7.59. The number of nitrogens with zero attached hydrogens (tertiary/aromatic N) is 2. The summed E-state index contributed by atoms with van der Waals surface area (Å²) in [6.45, 7) is 5.49. The predicted octanol–water partition coefficient (Wildman–Crippen LogP) is 1.14. The molecule has 2 saturated heterocycles. The summed E-state index contributed by atoms with van der Waals surface area (Å²) in [5.74, 6) is -0.207. The van der Waals surface area contributed by atoms with Crippen LogP contribution in [-0.4, -0.2) is 52.1 Å². The zero-order chi connectivity index (χ0) is 13.9. The highest BCUT2D eigenvalue weighted by Crippen LogP contribution is 2.21. The molecule has 3 rings (SSSR count). The Morgan fingerprint density at radius 2 is 1.90 bits per heavy atom. The highest BCUT2D eigenvalue weighted by atomic mass is 16.3. The van der Waals surface area contributed by atoms with Gasteiger partial charge in [0.15, 0.2) is 5.75 Å². The van der Waals surface area contributed by atoms with E-state index >= 15 is 0 Å². The highest BCUT2D eigenvalue weighted by Gasteiger charge is 2.26. The number of hydrogen-bond donors (Lipinski definition) is 2. The van der Waals surface area contributed by atoms with Gasteiger partial charge in [0.1, 0.15) is 0 Å². The van der Waals surface area contributed by atoms with Crippen molar-refractivity contribution in [1.82, 2.24) is 14.8 Å². The fourth-order valence-electron chi connectivity index (χ4n) is 3.39. The molecule has 5 nitrogen and oxygen atoms in total. The molecule has 0 amide bonds. The van der Waals surface area contributed by atoms with Gasteiger partial charge in [-0.3, -0.25) is 9.69 Å². The molecule has 110 valence electrons. The number of piperidine rings is 1. The van der Waals surface area contributed by atoms with Crippen LogP contribution in [0.15, 0.2) is 17.1 Å². The first kappa shape index (κ1) is 13.6. The first-order chi connectivity index (χ1) is 9.72. The summed E-state index contributed by atoms with van der Waals surface area (Å²) in [6, 6.07) is 2.26. The molecule has 20 heavy (non-hydrogen) atoms. The second-order valence-corrected chi connectivity index (χ2v) is 5.96. The lowest BCUT2D eigenvalue weighted by Gasteiger charge is -2.36. The van der Waals surface area contributed by atoms with Crippen LogP contribution in [0.3, 0.4) is 0 Å². The van der Waals surface area contributed by atoms with Crippen molar-refractivity contribution in [3.05, 3.63) is 28.2 Å². The number of aromatic amines is 1. The van der Waals surface area contributed by atoms with Crippen LogP contribution in [0.4, 0.5) is 0 Å². The molecule has 0 spiro atoms. The Kier molecular flexibility index (Phi) is 4.08. The van der Waals surface area contributed by atoms with Crippen LogP contribution in [0.2, 0.25) is 0 Å². The third kappa shape index (κ3) is 3.04. The van der Waals surface area contributed by atoms with Crippen LogP contribution >= 0.6 is 0 Å². The Morgan fingerprint density at radius 1 is 1.20 bits per heavy atom. The molecule has 3 heterocycles. The van der Waals surface area contributed by atoms with Gasteiger partial charge in [-0.05, 0) is 38.8 Å². The Hall–Kier alpha value is -1.33. The molecule has 0 aliphatic carbocycles. The van der Waals surface area contributed by atoms with E-state index in [1.807, 2.05) is 0 Å². The van der Waals surface area contributed by atoms with E-state index in [0.29, 0.717) is 0 Å². The maximum atomic E-state index is 11.4. The minimum atomic E-state index is -0.300. The SMILES string of the molecule is O=c1cc(CN2CCC(N3CCCC3)CC2)[nH]cc1O. The lowest BCUT2D eigenvalue weighted by molar-refractivity contribution is 0.122. The summed E-state index contributed by atoms with van der Waals surface area (Å²) in [6.07, 6.45) is 6.54. The van der Waals surface area contributed by atoms with E-state index in [1.165, 1.54) is 51.0 Å². The second kappa shape index (κ2) is 5.97. The number of aromatic hydroxyl groups is 1. The average molecular weight is 277 g/mol. The lowest BCUT2D eigenvalue weighted by atomic mass is 10.0. The molecule has 2 fully saturated rings. The van der Waals surface area contributed by atoms with Crippen molar-refractivity contribution in [3.63, 3.8) is 0 Å². The van der Waals surface area contributed by atoms with Gasteiger partial charge in [0.25, 0.3) is 0 Å². The highest BCUT2D eigenvalue weighted by molar-refractivity contribution is 5.18. The maximum absolute atomic E-state index is 11.4. The molecule has 2 N–H and O–H groups in total. The quantitative estimate of drug-likeness (QED) is 0.870. The Balaban J connectivity index is 1.53. The fourth-order valence-corrected chi connectivity index (χ4v) is 3.39. The van der Waals surface area contributed by atoms with Gasteiger partial charge >= 0.3 is 0 Å². The number of hydrogen-bond acceptors (Lipinski definition) is 4. The van der Waals surface area contributed by atoms with Gasteiger partial charge in [-0.15, -0.1) is 0 Å². The minimum absolute atomic E-state index is 0.207. The molecule has 0 atom stereocenters. The molecular formula is C15H23N3O2. The molecule has 1 aromatic heterocycles. The summed E-state index contributed by atoms with van der Waals surface area (Å²) < 4.78 is 0. The molecule has 5 heteroatoms. The predicted molar refractivity (Wildman–Crippen MR) is 77.8 cm³/mol. The van der Waals surface area contributed by atoms with Gasteiger partial charge in [0.2, 0.25) is 5.43 Å². The number of aromatic nitrogens is 1. The number of nitrogens with one attached hydrogen (secondary N) is 1. The maximum Gasteiger partial charge on any atom is 0.223 e. The Bertz CT molecular complexity index is 500. The van der Waals surface area contributed by atoms with Gasteiger partial charge in [-0.25, -0.2) is 0 Å². The van der Waals surface area contributed by atoms with Crippen molar-refractivity contribution in [2.75, 3.05) is 26.2 Å². The van der Waals surface area contributed by atoms with Crippen LogP contribution in [0.25, 0.3) is 0 Å². The summed E-state index contributed by atoms with van der Waals surface area (Å²) in [7, 11) is 0. The molecule has 0 bridgehead atoms. The topological polar surface area (TPSA) is 59.6 Å². The third-order valence-corrected chi connectivity index (χ3v) is 4.56. The van der Waals surface area contributed by atoms with Gasteiger partial charge in [0.05, 0.1) is 0 Å². The number of rotatable bonds is 3. The molecule has 0 aromatic carbocycles. The van der Waals surface area contributed by atoms with Crippen LogP contribution in [0.1, 0.15) is 31.4 Å². The zero-order valence-electron chi connectivity index (χ0n) is 11.8. The molecule has 0 saturated carbocycles. The number of H-pyrrole nitrogens is 1. The molecule has 1 aromatic rings. The molecule has 0 unspecified atom stereocenters. The summed E-state index contributed by atoms with van der Waals surface area (Å²) in [5, 5.41) is 9.24. The number of likely N-dealkylation sites (tertiary alicyclic amines) is 2. The third-order valence-electron chi connectivity index (χ3n) is 4.56. The monoisotopic (exact) mass is 277 g/mol. The van der Waals surface area contributed by atoms with Crippen molar-refractivity contribution in [2.24, 2.45) is 0 Å². The summed E-state index contributed by atoms with van der Waals surface area (Å²) in [5.41, 5.74) is 0.582. The van der Waals surface area contributed by atoms with Gasteiger partial charge < -0.3 is 15.0 Å². The summed E-state index contributed by atoms with van der Waals surface area (Å²) >= 11 is 0. The second-order valence-electron chi connectivity index (χ2n) is 5.96.